The molecule has 33 heavy (non-hydrogen) atoms. The normalized spacial score (nSPS) is 28.5. The van der Waals surface area contributed by atoms with Crippen LogP contribution >= 0.6 is 0 Å². The monoisotopic (exact) mass is 514 g/mol. The molecular weight excluding hydrogens is 469 g/mol. The van der Waals surface area contributed by atoms with E-state index in [4.69, 9.17) is 18.3 Å². The molecule has 5 nitrogen and oxygen atoms in total. The SMILES string of the molecule is CO[C@@H]1[C@@H](O[Si](C)(C)C(C)(C)C)[C@H](O[Si](C)(C)C(C)(C)C)C(S(=O)c2ccccc2)O[C@H]1C. The number of hydrogen-bond donors (Lipinski definition) is 0. The molecule has 1 saturated heterocycles. The first-order valence-corrected chi connectivity index (χ1v) is 19.0. The van der Waals surface area contributed by atoms with Crippen LogP contribution in [0.15, 0.2) is 35.2 Å². The number of benzene rings is 1. The van der Waals surface area contributed by atoms with Gasteiger partial charge in [-0.05, 0) is 55.3 Å². The van der Waals surface area contributed by atoms with Gasteiger partial charge in [0, 0.05) is 12.0 Å². The Morgan fingerprint density at radius 1 is 0.818 bits per heavy atom. The van der Waals surface area contributed by atoms with Gasteiger partial charge in [-0.2, -0.15) is 0 Å². The molecule has 0 N–H and O–H groups in total. The van der Waals surface area contributed by atoms with E-state index < -0.39 is 39.0 Å². The van der Waals surface area contributed by atoms with Gasteiger partial charge in [-0.15, -0.1) is 0 Å². The Kier molecular flexibility index (Phi) is 9.04. The first-order valence-electron chi connectivity index (χ1n) is 11.9. The topological polar surface area (TPSA) is 54.0 Å². The van der Waals surface area contributed by atoms with Crippen LogP contribution in [-0.4, -0.2) is 57.8 Å². The van der Waals surface area contributed by atoms with Crippen molar-refractivity contribution in [2.75, 3.05) is 7.11 Å². The van der Waals surface area contributed by atoms with E-state index in [0.717, 1.165) is 4.90 Å². The van der Waals surface area contributed by atoms with Crippen LogP contribution in [0.2, 0.25) is 36.3 Å². The Hall–Kier alpha value is -0.356. The Balaban J connectivity index is 2.59. The number of rotatable bonds is 7. The van der Waals surface area contributed by atoms with Gasteiger partial charge in [0.25, 0.3) is 0 Å². The minimum atomic E-state index is -2.24. The predicted octanol–water partition coefficient (Wildman–Crippen LogP) is 6.33. The van der Waals surface area contributed by atoms with Crippen LogP contribution in [0.1, 0.15) is 48.5 Å². The van der Waals surface area contributed by atoms with Gasteiger partial charge in [0.2, 0.25) is 0 Å². The molecule has 0 spiro atoms. The zero-order valence-corrected chi connectivity index (χ0v) is 25.5. The Labute approximate surface area is 206 Å². The van der Waals surface area contributed by atoms with Crippen LogP contribution in [-0.2, 0) is 29.1 Å². The lowest BCUT2D eigenvalue weighted by Gasteiger charge is -2.52. The Morgan fingerprint density at radius 3 is 1.70 bits per heavy atom. The molecule has 0 saturated carbocycles. The number of hydrogen-bond acceptors (Lipinski definition) is 5. The molecule has 0 radical (unpaired) electrons. The van der Waals surface area contributed by atoms with Crippen molar-refractivity contribution in [1.82, 2.24) is 0 Å². The molecule has 2 rings (SSSR count). The summed E-state index contributed by atoms with van der Waals surface area (Å²) in [6.07, 6.45) is -1.45. The second kappa shape index (κ2) is 10.3. The molecule has 0 aliphatic carbocycles. The van der Waals surface area contributed by atoms with Crippen molar-refractivity contribution in [3.63, 3.8) is 0 Å². The molecule has 1 aromatic rings. The Bertz CT molecular complexity index is 801. The quantitative estimate of drug-likeness (QED) is 0.398. The van der Waals surface area contributed by atoms with E-state index in [2.05, 4.69) is 67.7 Å². The van der Waals surface area contributed by atoms with Crippen LogP contribution in [0.25, 0.3) is 0 Å². The van der Waals surface area contributed by atoms with Gasteiger partial charge < -0.3 is 18.3 Å². The van der Waals surface area contributed by atoms with Crippen molar-refractivity contribution >= 4 is 27.4 Å². The predicted molar refractivity (Wildman–Crippen MR) is 142 cm³/mol. The Morgan fingerprint density at radius 2 is 1.27 bits per heavy atom. The van der Waals surface area contributed by atoms with Crippen molar-refractivity contribution < 1.29 is 22.5 Å². The zero-order chi connectivity index (χ0) is 25.4. The molecule has 0 bridgehead atoms. The van der Waals surface area contributed by atoms with Crippen LogP contribution < -0.4 is 0 Å². The smallest absolute Gasteiger partial charge is 0.192 e. The van der Waals surface area contributed by atoms with Crippen molar-refractivity contribution in [3.8, 4) is 0 Å². The third kappa shape index (κ3) is 6.45. The fourth-order valence-corrected chi connectivity index (χ4v) is 7.57. The van der Waals surface area contributed by atoms with E-state index in [1.165, 1.54) is 0 Å². The second-order valence-corrected chi connectivity index (χ2v) is 23.2. The van der Waals surface area contributed by atoms with Crippen LogP contribution in [0.3, 0.4) is 0 Å². The molecule has 0 aromatic heterocycles. The second-order valence-electron chi connectivity index (χ2n) is 12.2. The summed E-state index contributed by atoms with van der Waals surface area (Å²) in [5.41, 5.74) is -0.641. The summed E-state index contributed by atoms with van der Waals surface area (Å²) in [5, 5.41) is 0.00137. The first kappa shape index (κ1) is 28.9. The highest BCUT2D eigenvalue weighted by Gasteiger charge is 2.54. The van der Waals surface area contributed by atoms with Crippen molar-refractivity contribution in [3.05, 3.63) is 30.3 Å². The van der Waals surface area contributed by atoms with Gasteiger partial charge in [-0.1, -0.05) is 59.7 Å². The van der Waals surface area contributed by atoms with E-state index >= 15 is 0 Å². The van der Waals surface area contributed by atoms with Crippen LogP contribution in [0, 0.1) is 0 Å². The molecule has 1 aliphatic heterocycles. The van der Waals surface area contributed by atoms with E-state index in [1.54, 1.807) is 7.11 Å². The van der Waals surface area contributed by atoms with Crippen molar-refractivity contribution in [2.45, 2.75) is 119 Å². The maximum Gasteiger partial charge on any atom is 0.192 e. The van der Waals surface area contributed by atoms with E-state index in [1.807, 2.05) is 37.3 Å². The van der Waals surface area contributed by atoms with Gasteiger partial charge in [0.15, 0.2) is 22.1 Å². The molecule has 0 amide bonds. The molecule has 1 heterocycles. The molecule has 1 aliphatic rings. The first-order chi connectivity index (χ1) is 14.9. The van der Waals surface area contributed by atoms with Crippen molar-refractivity contribution in [1.29, 1.82) is 0 Å². The lowest BCUT2D eigenvalue weighted by atomic mass is 10.0. The lowest BCUT2D eigenvalue weighted by molar-refractivity contribution is -0.193. The molecule has 190 valence electrons. The highest BCUT2D eigenvalue weighted by molar-refractivity contribution is 7.85. The molecule has 1 fully saturated rings. The van der Waals surface area contributed by atoms with Gasteiger partial charge in [0.1, 0.15) is 18.3 Å². The molecule has 6 atom stereocenters. The standard InChI is InChI=1S/C25H46O5SSi2/c1-18-20(27-8)21(29-32(9,10)24(2,3)4)22(30-33(11,12)25(5,6)7)23(28-18)31(26)19-16-14-13-15-17-19/h13-18,20-23H,1-12H3/t18-,20-,21+,22-,23?,31?/m0/s1. The summed E-state index contributed by atoms with van der Waals surface area (Å²) in [5.74, 6) is 0. The maximum atomic E-state index is 13.8. The average Bonchev–Trinajstić information content (AvgIpc) is 2.68. The summed E-state index contributed by atoms with van der Waals surface area (Å²) in [6.45, 7) is 24.2. The number of methoxy groups -OCH3 is 1. The minimum absolute atomic E-state index is 0.0149. The van der Waals surface area contributed by atoms with E-state index in [-0.39, 0.29) is 28.4 Å². The summed E-state index contributed by atoms with van der Waals surface area (Å²) >= 11 is 0. The van der Waals surface area contributed by atoms with Gasteiger partial charge in [0.05, 0.1) is 16.9 Å². The average molecular weight is 515 g/mol. The number of ether oxygens (including phenoxy) is 2. The molecular formula is C25H46O5SSi2. The van der Waals surface area contributed by atoms with Gasteiger partial charge >= 0.3 is 0 Å². The highest BCUT2D eigenvalue weighted by atomic mass is 32.2. The fraction of sp³-hybridized carbons (Fsp3) is 0.760. The summed E-state index contributed by atoms with van der Waals surface area (Å²) in [7, 11) is -4.14. The summed E-state index contributed by atoms with van der Waals surface area (Å²) in [4.78, 5) is 0.737. The third-order valence-corrected chi connectivity index (χ3v) is 18.1. The maximum absolute atomic E-state index is 13.8. The minimum Gasteiger partial charge on any atom is -0.408 e. The summed E-state index contributed by atoms with van der Waals surface area (Å²) in [6, 6.07) is 9.52. The molecule has 8 heteroatoms. The lowest BCUT2D eigenvalue weighted by Crippen LogP contribution is -2.65. The van der Waals surface area contributed by atoms with E-state index in [9.17, 15) is 4.21 Å². The highest BCUT2D eigenvalue weighted by Crippen LogP contribution is 2.44. The van der Waals surface area contributed by atoms with Crippen LogP contribution in [0.5, 0.6) is 0 Å². The largest absolute Gasteiger partial charge is 0.408 e. The van der Waals surface area contributed by atoms with Gasteiger partial charge in [-0.3, -0.25) is 4.21 Å². The summed E-state index contributed by atoms with van der Waals surface area (Å²) < 4.78 is 40.2. The van der Waals surface area contributed by atoms with Crippen LogP contribution in [0.4, 0.5) is 0 Å². The molecule has 2 unspecified atom stereocenters. The molecule has 1 aromatic carbocycles. The fourth-order valence-electron chi connectivity index (χ4n) is 3.45. The van der Waals surface area contributed by atoms with Gasteiger partial charge in [-0.25, -0.2) is 0 Å². The van der Waals surface area contributed by atoms with E-state index in [0.29, 0.717) is 0 Å². The third-order valence-electron chi connectivity index (χ3n) is 7.66. The zero-order valence-electron chi connectivity index (χ0n) is 22.7. The van der Waals surface area contributed by atoms with Crippen molar-refractivity contribution in [2.24, 2.45) is 0 Å².